The van der Waals surface area contributed by atoms with Crippen LogP contribution in [0.15, 0.2) is 30.7 Å². The molecule has 76 valence electrons. The molecule has 2 aromatic rings. The number of hydrogen-bond donors (Lipinski definition) is 1. The minimum atomic E-state index is 0.326. The van der Waals surface area contributed by atoms with Gasteiger partial charge in [-0.1, -0.05) is 0 Å². The first-order valence-electron chi connectivity index (χ1n) is 4.42. The number of nitrogens with two attached hydrogens (primary N) is 1. The summed E-state index contributed by atoms with van der Waals surface area (Å²) in [6, 6.07) is 3.67. The van der Waals surface area contributed by atoms with Gasteiger partial charge in [0, 0.05) is 5.69 Å². The smallest absolute Gasteiger partial charge is 0.239 e. The molecule has 0 saturated heterocycles. The Morgan fingerprint density at radius 3 is 2.73 bits per heavy atom. The monoisotopic (exact) mass is 202 g/mol. The van der Waals surface area contributed by atoms with E-state index in [1.807, 2.05) is 19.1 Å². The zero-order valence-corrected chi connectivity index (χ0v) is 8.21. The van der Waals surface area contributed by atoms with E-state index in [1.165, 1.54) is 12.4 Å². The van der Waals surface area contributed by atoms with Crippen LogP contribution in [0.1, 0.15) is 5.69 Å². The Morgan fingerprint density at radius 2 is 2.07 bits per heavy atom. The first-order chi connectivity index (χ1) is 7.24. The van der Waals surface area contributed by atoms with Gasteiger partial charge in [0.1, 0.15) is 11.6 Å². The summed E-state index contributed by atoms with van der Waals surface area (Å²) in [5.41, 5.74) is 6.40. The highest BCUT2D eigenvalue weighted by Crippen LogP contribution is 2.17. The second-order valence-electron chi connectivity index (χ2n) is 3.02. The molecule has 2 rings (SSSR count). The van der Waals surface area contributed by atoms with E-state index < -0.39 is 0 Å². The largest absolute Gasteiger partial charge is 0.436 e. The van der Waals surface area contributed by atoms with Crippen molar-refractivity contribution in [1.29, 1.82) is 0 Å². The van der Waals surface area contributed by atoms with Gasteiger partial charge in [0.05, 0.1) is 18.6 Å². The van der Waals surface area contributed by atoms with Crippen molar-refractivity contribution in [3.8, 4) is 11.6 Å². The number of rotatable bonds is 2. The topological polar surface area (TPSA) is 73.9 Å². The lowest BCUT2D eigenvalue weighted by Gasteiger charge is -2.03. The van der Waals surface area contributed by atoms with E-state index in [0.29, 0.717) is 17.4 Å². The molecule has 0 atom stereocenters. The fourth-order valence-corrected chi connectivity index (χ4v) is 1.05. The summed E-state index contributed by atoms with van der Waals surface area (Å²) in [6.45, 7) is 1.91. The third-order valence-electron chi connectivity index (χ3n) is 1.74. The van der Waals surface area contributed by atoms with Gasteiger partial charge in [-0.05, 0) is 19.1 Å². The molecule has 5 nitrogen and oxygen atoms in total. The molecular formula is C10H10N4O. The predicted octanol–water partition coefficient (Wildman–Crippen LogP) is 1.55. The Balaban J connectivity index is 2.18. The number of aromatic nitrogens is 3. The van der Waals surface area contributed by atoms with Crippen LogP contribution >= 0.6 is 0 Å². The van der Waals surface area contributed by atoms with E-state index in [4.69, 9.17) is 10.5 Å². The van der Waals surface area contributed by atoms with Gasteiger partial charge < -0.3 is 10.5 Å². The summed E-state index contributed by atoms with van der Waals surface area (Å²) in [4.78, 5) is 11.9. The molecule has 2 N–H and O–H groups in total. The average Bonchev–Trinajstić information content (AvgIpc) is 2.22. The average molecular weight is 202 g/mol. The molecule has 0 fully saturated rings. The van der Waals surface area contributed by atoms with E-state index in [-0.39, 0.29) is 0 Å². The maximum absolute atomic E-state index is 5.47. The fourth-order valence-electron chi connectivity index (χ4n) is 1.05. The number of nitrogen functional groups attached to an aromatic ring is 1. The molecular weight excluding hydrogens is 192 g/mol. The van der Waals surface area contributed by atoms with Crippen molar-refractivity contribution in [2.24, 2.45) is 0 Å². The first kappa shape index (κ1) is 9.39. The Bertz CT molecular complexity index is 455. The lowest BCUT2D eigenvalue weighted by Crippen LogP contribution is -1.95. The normalized spacial score (nSPS) is 9.93. The van der Waals surface area contributed by atoms with E-state index in [0.717, 1.165) is 5.69 Å². The minimum Gasteiger partial charge on any atom is -0.436 e. The quantitative estimate of drug-likeness (QED) is 0.799. The maximum atomic E-state index is 5.47. The number of anilines is 1. The minimum absolute atomic E-state index is 0.326. The Morgan fingerprint density at radius 1 is 1.20 bits per heavy atom. The molecule has 15 heavy (non-hydrogen) atoms. The molecule has 0 bridgehead atoms. The first-order valence-corrected chi connectivity index (χ1v) is 4.42. The summed E-state index contributed by atoms with van der Waals surface area (Å²) < 4.78 is 5.40. The van der Waals surface area contributed by atoms with Gasteiger partial charge in [0.15, 0.2) is 0 Å². The van der Waals surface area contributed by atoms with Crippen molar-refractivity contribution in [3.05, 3.63) is 36.4 Å². The molecule has 0 saturated carbocycles. The molecule has 0 aliphatic carbocycles. The lowest BCUT2D eigenvalue weighted by atomic mass is 10.4. The van der Waals surface area contributed by atoms with Gasteiger partial charge in [-0.2, -0.15) is 4.98 Å². The number of pyridine rings is 1. The second-order valence-corrected chi connectivity index (χ2v) is 3.02. The van der Waals surface area contributed by atoms with Crippen molar-refractivity contribution < 1.29 is 4.74 Å². The summed E-state index contributed by atoms with van der Waals surface area (Å²) in [5, 5.41) is 0. The number of hydrogen-bond acceptors (Lipinski definition) is 5. The van der Waals surface area contributed by atoms with Crippen molar-refractivity contribution in [2.75, 3.05) is 5.73 Å². The highest BCUT2D eigenvalue weighted by molar-refractivity contribution is 5.29. The molecule has 2 aromatic heterocycles. The van der Waals surface area contributed by atoms with Gasteiger partial charge in [-0.3, -0.25) is 9.97 Å². The zero-order chi connectivity index (χ0) is 10.7. The van der Waals surface area contributed by atoms with Crippen LogP contribution < -0.4 is 10.5 Å². The van der Waals surface area contributed by atoms with Crippen molar-refractivity contribution in [2.45, 2.75) is 6.92 Å². The molecule has 5 heteroatoms. The van der Waals surface area contributed by atoms with E-state index in [1.54, 1.807) is 6.20 Å². The Hall–Kier alpha value is -2.17. The van der Waals surface area contributed by atoms with Crippen molar-refractivity contribution in [3.63, 3.8) is 0 Å². The highest BCUT2D eigenvalue weighted by Gasteiger charge is 1.99. The fraction of sp³-hybridized carbons (Fsp3) is 0.100. The standard InChI is InChI=1S/C10H10N4O/c1-7-2-3-8(4-13-7)15-10-6-12-5-9(11)14-10/h2-6H,1H3,(H2,11,14). The van der Waals surface area contributed by atoms with Gasteiger partial charge in [0.25, 0.3) is 0 Å². The molecule has 0 aromatic carbocycles. The molecule has 0 aliphatic heterocycles. The molecule has 2 heterocycles. The van der Waals surface area contributed by atoms with Gasteiger partial charge in [0.2, 0.25) is 5.88 Å². The van der Waals surface area contributed by atoms with E-state index in [2.05, 4.69) is 15.0 Å². The second kappa shape index (κ2) is 3.91. The van der Waals surface area contributed by atoms with Crippen molar-refractivity contribution >= 4 is 5.82 Å². The highest BCUT2D eigenvalue weighted by atomic mass is 16.5. The van der Waals surface area contributed by atoms with E-state index >= 15 is 0 Å². The Labute approximate surface area is 87.0 Å². The Kier molecular flexibility index (Phi) is 2.45. The summed E-state index contributed by atoms with van der Waals surface area (Å²) in [7, 11) is 0. The van der Waals surface area contributed by atoms with Crippen LogP contribution in [-0.4, -0.2) is 15.0 Å². The van der Waals surface area contributed by atoms with Crippen LogP contribution in [0.2, 0.25) is 0 Å². The molecule has 0 amide bonds. The third-order valence-corrected chi connectivity index (χ3v) is 1.74. The summed E-state index contributed by atoms with van der Waals surface area (Å²) in [5.74, 6) is 1.30. The lowest BCUT2D eigenvalue weighted by molar-refractivity contribution is 0.458. The van der Waals surface area contributed by atoms with Crippen LogP contribution in [0.4, 0.5) is 5.82 Å². The number of ether oxygens (including phenoxy) is 1. The van der Waals surface area contributed by atoms with Gasteiger partial charge in [-0.15, -0.1) is 0 Å². The van der Waals surface area contributed by atoms with Gasteiger partial charge in [-0.25, -0.2) is 0 Å². The predicted molar refractivity (Wildman–Crippen MR) is 55.5 cm³/mol. The maximum Gasteiger partial charge on any atom is 0.239 e. The molecule has 0 unspecified atom stereocenters. The molecule has 0 aliphatic rings. The number of aryl methyl sites for hydroxylation is 1. The van der Waals surface area contributed by atoms with Crippen LogP contribution in [0.5, 0.6) is 11.6 Å². The van der Waals surface area contributed by atoms with Crippen LogP contribution in [-0.2, 0) is 0 Å². The zero-order valence-electron chi connectivity index (χ0n) is 8.21. The van der Waals surface area contributed by atoms with Crippen LogP contribution in [0.25, 0.3) is 0 Å². The number of nitrogens with zero attached hydrogens (tertiary/aromatic N) is 3. The van der Waals surface area contributed by atoms with Gasteiger partial charge >= 0.3 is 0 Å². The SMILES string of the molecule is Cc1ccc(Oc2cncc(N)n2)cn1. The van der Waals surface area contributed by atoms with Crippen molar-refractivity contribution in [1.82, 2.24) is 15.0 Å². The van der Waals surface area contributed by atoms with Crippen LogP contribution in [0, 0.1) is 6.92 Å². The van der Waals surface area contributed by atoms with Crippen LogP contribution in [0.3, 0.4) is 0 Å². The third kappa shape index (κ3) is 2.40. The molecule has 0 spiro atoms. The van der Waals surface area contributed by atoms with E-state index in [9.17, 15) is 0 Å². The molecule has 0 radical (unpaired) electrons. The summed E-state index contributed by atoms with van der Waals surface area (Å²) >= 11 is 0. The summed E-state index contributed by atoms with van der Waals surface area (Å²) in [6.07, 6.45) is 4.58.